The Morgan fingerprint density at radius 1 is 1.10 bits per heavy atom. The standard InChI is InChI=1S/C25H33ClN2O2S/c1-4-6-13-27-25(30)23(5-2)28(16-20-10-7-9-19(3)14-20)24(29)18-31-17-21-11-8-12-22(26)15-21/h7-12,14-15,23H,4-6,13,16-18H2,1-3H3,(H,27,30). The molecule has 0 fully saturated rings. The number of aryl methyl sites for hydroxylation is 1. The molecule has 0 bridgehead atoms. The lowest BCUT2D eigenvalue weighted by atomic mass is 10.1. The van der Waals surface area contributed by atoms with Crippen molar-refractivity contribution in [3.05, 3.63) is 70.2 Å². The van der Waals surface area contributed by atoms with Gasteiger partial charge in [-0.2, -0.15) is 0 Å². The Balaban J connectivity index is 2.10. The fourth-order valence-electron chi connectivity index (χ4n) is 3.40. The number of hydrogen-bond acceptors (Lipinski definition) is 3. The van der Waals surface area contributed by atoms with Gasteiger partial charge in [-0.1, -0.05) is 73.8 Å². The molecule has 0 saturated carbocycles. The van der Waals surface area contributed by atoms with Gasteiger partial charge in [-0.15, -0.1) is 11.8 Å². The molecule has 0 saturated heterocycles. The van der Waals surface area contributed by atoms with E-state index in [1.807, 2.05) is 56.3 Å². The Kier molecular flexibility index (Phi) is 11.0. The second kappa shape index (κ2) is 13.4. The molecule has 0 aliphatic rings. The molecule has 0 radical (unpaired) electrons. The van der Waals surface area contributed by atoms with Crippen LogP contribution < -0.4 is 5.32 Å². The number of amides is 2. The second-order valence-corrected chi connectivity index (χ2v) is 9.12. The molecule has 2 amide bonds. The Bertz CT molecular complexity index is 859. The molecule has 1 atom stereocenters. The van der Waals surface area contributed by atoms with E-state index in [4.69, 9.17) is 11.6 Å². The quantitative estimate of drug-likeness (QED) is 0.419. The Morgan fingerprint density at radius 3 is 2.52 bits per heavy atom. The topological polar surface area (TPSA) is 49.4 Å². The van der Waals surface area contributed by atoms with Gasteiger partial charge in [-0.25, -0.2) is 0 Å². The van der Waals surface area contributed by atoms with Gasteiger partial charge in [0.1, 0.15) is 6.04 Å². The van der Waals surface area contributed by atoms with Gasteiger partial charge in [0.2, 0.25) is 11.8 Å². The molecule has 2 aromatic carbocycles. The van der Waals surface area contributed by atoms with E-state index in [0.29, 0.717) is 36.0 Å². The van der Waals surface area contributed by atoms with Crippen molar-refractivity contribution in [2.75, 3.05) is 12.3 Å². The van der Waals surface area contributed by atoms with Gasteiger partial charge >= 0.3 is 0 Å². The van der Waals surface area contributed by atoms with Gasteiger partial charge in [0.25, 0.3) is 0 Å². The van der Waals surface area contributed by atoms with Crippen LogP contribution in [0.5, 0.6) is 0 Å². The van der Waals surface area contributed by atoms with Crippen LogP contribution in [0.2, 0.25) is 5.02 Å². The van der Waals surface area contributed by atoms with Crippen LogP contribution in [0.1, 0.15) is 49.8 Å². The molecule has 0 aromatic heterocycles. The summed E-state index contributed by atoms with van der Waals surface area (Å²) in [6.45, 7) is 7.15. The summed E-state index contributed by atoms with van der Waals surface area (Å²) in [4.78, 5) is 27.8. The van der Waals surface area contributed by atoms with Crippen LogP contribution in [-0.2, 0) is 21.9 Å². The third-order valence-electron chi connectivity index (χ3n) is 5.03. The number of carbonyl (C=O) groups excluding carboxylic acids is 2. The number of unbranched alkanes of at least 4 members (excludes halogenated alkanes) is 1. The summed E-state index contributed by atoms with van der Waals surface area (Å²) < 4.78 is 0. The summed E-state index contributed by atoms with van der Waals surface area (Å²) in [5.41, 5.74) is 3.26. The lowest BCUT2D eigenvalue weighted by Gasteiger charge is -2.30. The lowest BCUT2D eigenvalue weighted by molar-refractivity contribution is -0.139. The zero-order valence-electron chi connectivity index (χ0n) is 18.7. The van der Waals surface area contributed by atoms with Crippen LogP contribution in [0.15, 0.2) is 48.5 Å². The largest absolute Gasteiger partial charge is 0.354 e. The van der Waals surface area contributed by atoms with Gasteiger partial charge in [0.15, 0.2) is 0 Å². The molecular weight excluding hydrogens is 428 g/mol. The summed E-state index contributed by atoms with van der Waals surface area (Å²) in [5.74, 6) is 0.920. The Morgan fingerprint density at radius 2 is 1.84 bits per heavy atom. The van der Waals surface area contributed by atoms with Crippen molar-refractivity contribution >= 4 is 35.2 Å². The van der Waals surface area contributed by atoms with Crippen molar-refractivity contribution in [3.8, 4) is 0 Å². The van der Waals surface area contributed by atoms with Crippen molar-refractivity contribution in [1.29, 1.82) is 0 Å². The number of hydrogen-bond donors (Lipinski definition) is 1. The Hall–Kier alpha value is -1.98. The summed E-state index contributed by atoms with van der Waals surface area (Å²) >= 11 is 7.60. The van der Waals surface area contributed by atoms with Crippen LogP contribution in [0.3, 0.4) is 0 Å². The number of carbonyl (C=O) groups is 2. The van der Waals surface area contributed by atoms with Crippen LogP contribution in [0.25, 0.3) is 0 Å². The number of benzene rings is 2. The zero-order chi connectivity index (χ0) is 22.6. The smallest absolute Gasteiger partial charge is 0.242 e. The number of nitrogens with one attached hydrogen (secondary N) is 1. The van der Waals surface area contributed by atoms with Crippen LogP contribution in [0, 0.1) is 6.92 Å². The molecule has 0 spiro atoms. The van der Waals surface area contributed by atoms with Crippen molar-refractivity contribution in [2.24, 2.45) is 0 Å². The monoisotopic (exact) mass is 460 g/mol. The van der Waals surface area contributed by atoms with E-state index in [0.717, 1.165) is 29.5 Å². The minimum Gasteiger partial charge on any atom is -0.354 e. The van der Waals surface area contributed by atoms with Gasteiger partial charge < -0.3 is 10.2 Å². The molecule has 0 aliphatic carbocycles. The zero-order valence-corrected chi connectivity index (χ0v) is 20.3. The van der Waals surface area contributed by atoms with Crippen molar-refractivity contribution < 1.29 is 9.59 Å². The van der Waals surface area contributed by atoms with Crippen LogP contribution >= 0.6 is 23.4 Å². The van der Waals surface area contributed by atoms with Gasteiger partial charge in [-0.05, 0) is 43.0 Å². The fourth-order valence-corrected chi connectivity index (χ4v) is 4.47. The summed E-state index contributed by atoms with van der Waals surface area (Å²) in [6, 6.07) is 15.3. The highest BCUT2D eigenvalue weighted by Crippen LogP contribution is 2.19. The van der Waals surface area contributed by atoms with E-state index in [2.05, 4.69) is 18.3 Å². The molecule has 2 aromatic rings. The summed E-state index contributed by atoms with van der Waals surface area (Å²) in [5, 5.41) is 3.70. The number of rotatable bonds is 12. The summed E-state index contributed by atoms with van der Waals surface area (Å²) in [7, 11) is 0. The molecule has 1 unspecified atom stereocenters. The van der Waals surface area contributed by atoms with E-state index in [-0.39, 0.29) is 11.8 Å². The van der Waals surface area contributed by atoms with Gasteiger partial charge in [-0.3, -0.25) is 9.59 Å². The normalized spacial score (nSPS) is 11.7. The number of nitrogens with zero attached hydrogens (tertiary/aromatic N) is 1. The van der Waals surface area contributed by atoms with Gasteiger partial charge in [0, 0.05) is 23.9 Å². The molecule has 2 rings (SSSR count). The second-order valence-electron chi connectivity index (χ2n) is 7.70. The fraction of sp³-hybridized carbons (Fsp3) is 0.440. The first kappa shape index (κ1) is 25.3. The predicted octanol–water partition coefficient (Wildman–Crippen LogP) is 5.61. The molecular formula is C25H33ClN2O2S. The highest BCUT2D eigenvalue weighted by molar-refractivity contribution is 7.99. The maximum absolute atomic E-state index is 13.2. The third kappa shape index (κ3) is 8.58. The first-order valence-electron chi connectivity index (χ1n) is 10.9. The van der Waals surface area contributed by atoms with Crippen LogP contribution in [-0.4, -0.2) is 35.1 Å². The number of halogens is 1. The SMILES string of the molecule is CCCCNC(=O)C(CC)N(Cc1cccc(C)c1)C(=O)CSCc1cccc(Cl)c1. The highest BCUT2D eigenvalue weighted by Gasteiger charge is 2.28. The molecule has 4 nitrogen and oxygen atoms in total. The predicted molar refractivity (Wildman–Crippen MR) is 131 cm³/mol. The molecule has 168 valence electrons. The minimum absolute atomic E-state index is 0.0222. The van der Waals surface area contributed by atoms with Crippen LogP contribution in [0.4, 0.5) is 0 Å². The average Bonchev–Trinajstić information content (AvgIpc) is 2.74. The maximum atomic E-state index is 13.2. The van der Waals surface area contributed by atoms with E-state index in [9.17, 15) is 9.59 Å². The minimum atomic E-state index is -0.475. The lowest BCUT2D eigenvalue weighted by Crippen LogP contribution is -2.49. The summed E-state index contributed by atoms with van der Waals surface area (Å²) in [6.07, 6.45) is 2.53. The van der Waals surface area contributed by atoms with E-state index in [1.54, 1.807) is 16.7 Å². The average molecular weight is 461 g/mol. The van der Waals surface area contributed by atoms with E-state index >= 15 is 0 Å². The maximum Gasteiger partial charge on any atom is 0.242 e. The Labute approximate surface area is 195 Å². The third-order valence-corrected chi connectivity index (χ3v) is 6.26. The first-order valence-corrected chi connectivity index (χ1v) is 12.4. The van der Waals surface area contributed by atoms with E-state index < -0.39 is 6.04 Å². The molecule has 0 heterocycles. The number of thioether (sulfide) groups is 1. The van der Waals surface area contributed by atoms with Crippen molar-refractivity contribution in [1.82, 2.24) is 10.2 Å². The molecule has 1 N–H and O–H groups in total. The van der Waals surface area contributed by atoms with Crippen molar-refractivity contribution in [3.63, 3.8) is 0 Å². The highest BCUT2D eigenvalue weighted by atomic mass is 35.5. The molecule has 6 heteroatoms. The molecule has 31 heavy (non-hydrogen) atoms. The van der Waals surface area contributed by atoms with Crippen molar-refractivity contribution in [2.45, 2.75) is 58.4 Å². The molecule has 0 aliphatic heterocycles. The van der Waals surface area contributed by atoms with E-state index in [1.165, 1.54) is 0 Å². The van der Waals surface area contributed by atoms with Gasteiger partial charge in [0.05, 0.1) is 5.75 Å². The first-order chi connectivity index (χ1) is 14.9.